The van der Waals surface area contributed by atoms with Crippen molar-refractivity contribution in [2.75, 3.05) is 13.7 Å². The van der Waals surface area contributed by atoms with Crippen molar-refractivity contribution < 1.29 is 19.1 Å². The van der Waals surface area contributed by atoms with Crippen LogP contribution in [0.1, 0.15) is 32.3 Å². The molecule has 0 aromatic heterocycles. The first-order valence-electron chi connectivity index (χ1n) is 8.15. The number of nitrogens with one attached hydrogen (secondary N) is 2. The molecule has 0 aliphatic carbocycles. The first-order valence-corrected chi connectivity index (χ1v) is 8.15. The second kappa shape index (κ2) is 10.4. The molecule has 1 aromatic carbocycles. The molecule has 0 fully saturated rings. The number of benzene rings is 1. The summed E-state index contributed by atoms with van der Waals surface area (Å²) < 4.78 is 4.72. The van der Waals surface area contributed by atoms with Gasteiger partial charge < -0.3 is 15.4 Å². The Morgan fingerprint density at radius 1 is 1.12 bits per heavy atom. The van der Waals surface area contributed by atoms with Crippen LogP contribution in [0.2, 0.25) is 0 Å². The Balaban J connectivity index is 2.36. The summed E-state index contributed by atoms with van der Waals surface area (Å²) in [6, 6.07) is 8.72. The Morgan fingerprint density at radius 2 is 1.79 bits per heavy atom. The molecule has 0 heterocycles. The van der Waals surface area contributed by atoms with E-state index >= 15 is 0 Å². The number of carbonyl (C=O) groups excluding carboxylic acids is 3. The van der Waals surface area contributed by atoms with Gasteiger partial charge in [0, 0.05) is 13.0 Å². The molecule has 24 heavy (non-hydrogen) atoms. The lowest BCUT2D eigenvalue weighted by molar-refractivity contribution is -0.146. The van der Waals surface area contributed by atoms with Crippen LogP contribution < -0.4 is 10.6 Å². The number of hydrogen-bond acceptors (Lipinski definition) is 4. The summed E-state index contributed by atoms with van der Waals surface area (Å²) in [5, 5.41) is 5.38. The number of esters is 1. The van der Waals surface area contributed by atoms with Gasteiger partial charge in [0.15, 0.2) is 0 Å². The van der Waals surface area contributed by atoms with Gasteiger partial charge in [-0.15, -0.1) is 0 Å². The molecular weight excluding hydrogens is 308 g/mol. The van der Waals surface area contributed by atoms with E-state index < -0.39 is 12.0 Å². The molecule has 1 rings (SSSR count). The molecule has 2 amide bonds. The summed E-state index contributed by atoms with van der Waals surface area (Å²) in [6.45, 7) is 4.05. The van der Waals surface area contributed by atoms with Crippen LogP contribution in [-0.2, 0) is 25.5 Å². The first kappa shape index (κ1) is 19.7. The third-order valence-corrected chi connectivity index (χ3v) is 3.87. The molecule has 6 heteroatoms. The smallest absolute Gasteiger partial charge is 0.328 e. The van der Waals surface area contributed by atoms with E-state index in [2.05, 4.69) is 10.6 Å². The molecule has 0 aliphatic heterocycles. The normalized spacial score (nSPS) is 12.8. The zero-order valence-corrected chi connectivity index (χ0v) is 14.5. The number of ether oxygens (including phenoxy) is 1. The Labute approximate surface area is 143 Å². The van der Waals surface area contributed by atoms with Gasteiger partial charge in [0.2, 0.25) is 11.8 Å². The third-order valence-electron chi connectivity index (χ3n) is 3.87. The Kier molecular flexibility index (Phi) is 8.54. The van der Waals surface area contributed by atoms with E-state index in [0.717, 1.165) is 12.0 Å². The SMILES string of the molecule is CC[C@H](C)[C@@H](NC(=O)CCNC(=O)Cc1ccccc1)C(=O)OC. The van der Waals surface area contributed by atoms with Crippen molar-refractivity contribution in [2.45, 2.75) is 39.2 Å². The van der Waals surface area contributed by atoms with Gasteiger partial charge in [-0.2, -0.15) is 0 Å². The highest BCUT2D eigenvalue weighted by Crippen LogP contribution is 2.09. The van der Waals surface area contributed by atoms with Gasteiger partial charge in [-0.05, 0) is 11.5 Å². The summed E-state index contributed by atoms with van der Waals surface area (Å²) >= 11 is 0. The number of carbonyl (C=O) groups is 3. The molecule has 2 N–H and O–H groups in total. The van der Waals surface area contributed by atoms with E-state index in [1.165, 1.54) is 7.11 Å². The third kappa shape index (κ3) is 6.81. The standard InChI is InChI=1S/C18H26N2O4/c1-4-13(2)17(18(23)24-3)20-15(21)10-11-19-16(22)12-14-8-6-5-7-9-14/h5-9,13,17H,4,10-12H2,1-3H3,(H,19,22)(H,20,21)/t13-,17+/m0/s1. The highest BCUT2D eigenvalue weighted by molar-refractivity contribution is 5.85. The minimum absolute atomic E-state index is 0.0194. The van der Waals surface area contributed by atoms with E-state index in [9.17, 15) is 14.4 Å². The molecular formula is C18H26N2O4. The average Bonchev–Trinajstić information content (AvgIpc) is 2.59. The summed E-state index contributed by atoms with van der Waals surface area (Å²) in [5.74, 6) is -0.897. The molecule has 0 aliphatic rings. The fraction of sp³-hybridized carbons (Fsp3) is 0.500. The Bertz CT molecular complexity index is 545. The maximum absolute atomic E-state index is 12.0. The van der Waals surface area contributed by atoms with Gasteiger partial charge in [-0.25, -0.2) is 4.79 Å². The zero-order chi connectivity index (χ0) is 17.9. The van der Waals surface area contributed by atoms with E-state index in [-0.39, 0.29) is 37.1 Å². The second-order valence-electron chi connectivity index (χ2n) is 5.72. The van der Waals surface area contributed by atoms with Crippen LogP contribution >= 0.6 is 0 Å². The number of amides is 2. The van der Waals surface area contributed by atoms with Gasteiger partial charge in [-0.1, -0.05) is 50.6 Å². The van der Waals surface area contributed by atoms with Crippen LogP contribution in [0, 0.1) is 5.92 Å². The molecule has 0 saturated heterocycles. The lowest BCUT2D eigenvalue weighted by Crippen LogP contribution is -2.46. The van der Waals surface area contributed by atoms with Crippen LogP contribution in [0.3, 0.4) is 0 Å². The van der Waals surface area contributed by atoms with Gasteiger partial charge in [0.05, 0.1) is 13.5 Å². The molecule has 0 radical (unpaired) electrons. The van der Waals surface area contributed by atoms with Crippen molar-refractivity contribution in [1.29, 1.82) is 0 Å². The molecule has 0 unspecified atom stereocenters. The molecule has 132 valence electrons. The van der Waals surface area contributed by atoms with Crippen LogP contribution in [0.5, 0.6) is 0 Å². The molecule has 0 bridgehead atoms. The molecule has 6 nitrogen and oxygen atoms in total. The van der Waals surface area contributed by atoms with Crippen LogP contribution in [0.15, 0.2) is 30.3 Å². The van der Waals surface area contributed by atoms with Gasteiger partial charge in [0.25, 0.3) is 0 Å². The summed E-state index contributed by atoms with van der Waals surface area (Å²) in [7, 11) is 1.30. The average molecular weight is 334 g/mol. The highest BCUT2D eigenvalue weighted by atomic mass is 16.5. The summed E-state index contributed by atoms with van der Waals surface area (Å²) in [5.41, 5.74) is 0.918. The van der Waals surface area contributed by atoms with E-state index in [0.29, 0.717) is 0 Å². The second-order valence-corrected chi connectivity index (χ2v) is 5.72. The topological polar surface area (TPSA) is 84.5 Å². The fourth-order valence-corrected chi connectivity index (χ4v) is 2.20. The number of rotatable bonds is 9. The van der Waals surface area contributed by atoms with Crippen molar-refractivity contribution in [1.82, 2.24) is 10.6 Å². The number of hydrogen-bond donors (Lipinski definition) is 2. The van der Waals surface area contributed by atoms with Crippen LogP contribution in [-0.4, -0.2) is 37.5 Å². The Morgan fingerprint density at radius 3 is 2.38 bits per heavy atom. The van der Waals surface area contributed by atoms with Crippen LogP contribution in [0.25, 0.3) is 0 Å². The Hall–Kier alpha value is -2.37. The van der Waals surface area contributed by atoms with Crippen molar-refractivity contribution >= 4 is 17.8 Å². The largest absolute Gasteiger partial charge is 0.467 e. The maximum atomic E-state index is 12.0. The van der Waals surface area contributed by atoms with E-state index in [1.807, 2.05) is 44.2 Å². The molecule has 0 spiro atoms. The van der Waals surface area contributed by atoms with Gasteiger partial charge in [0.1, 0.15) is 6.04 Å². The predicted octanol–water partition coefficient (Wildman–Crippen LogP) is 1.44. The van der Waals surface area contributed by atoms with Gasteiger partial charge >= 0.3 is 5.97 Å². The first-order chi connectivity index (χ1) is 11.5. The highest BCUT2D eigenvalue weighted by Gasteiger charge is 2.26. The quantitative estimate of drug-likeness (QED) is 0.669. The summed E-state index contributed by atoms with van der Waals surface area (Å²) in [6.07, 6.45) is 1.14. The number of methoxy groups -OCH3 is 1. The monoisotopic (exact) mass is 334 g/mol. The lowest BCUT2D eigenvalue weighted by Gasteiger charge is -2.21. The zero-order valence-electron chi connectivity index (χ0n) is 14.5. The van der Waals surface area contributed by atoms with Crippen molar-refractivity contribution in [3.05, 3.63) is 35.9 Å². The minimum atomic E-state index is -0.660. The van der Waals surface area contributed by atoms with E-state index in [1.54, 1.807) is 0 Å². The molecule has 2 atom stereocenters. The lowest BCUT2D eigenvalue weighted by atomic mass is 9.99. The van der Waals surface area contributed by atoms with E-state index in [4.69, 9.17) is 4.74 Å². The van der Waals surface area contributed by atoms with Gasteiger partial charge in [-0.3, -0.25) is 9.59 Å². The molecule has 0 saturated carbocycles. The maximum Gasteiger partial charge on any atom is 0.328 e. The van der Waals surface area contributed by atoms with Crippen LogP contribution in [0.4, 0.5) is 0 Å². The van der Waals surface area contributed by atoms with Crippen molar-refractivity contribution in [3.63, 3.8) is 0 Å². The summed E-state index contributed by atoms with van der Waals surface area (Å²) in [4.78, 5) is 35.5. The molecule has 1 aromatic rings. The van der Waals surface area contributed by atoms with Crippen molar-refractivity contribution in [2.24, 2.45) is 5.92 Å². The fourth-order valence-electron chi connectivity index (χ4n) is 2.20. The van der Waals surface area contributed by atoms with Crippen molar-refractivity contribution in [3.8, 4) is 0 Å². The predicted molar refractivity (Wildman–Crippen MR) is 91.2 cm³/mol. The minimum Gasteiger partial charge on any atom is -0.467 e.